The average Bonchev–Trinajstić information content (AvgIpc) is 3.23. The molecule has 0 aromatic carbocycles. The quantitative estimate of drug-likeness (QED) is 0.632. The average molecular weight is 311 g/mol. The third kappa shape index (κ3) is 3.04. The molecule has 0 radical (unpaired) electrons. The number of pyridine rings is 1. The molecule has 110 valence electrons. The zero-order chi connectivity index (χ0) is 15.4. The predicted molar refractivity (Wildman–Crippen MR) is 85.8 cm³/mol. The Kier molecular flexibility index (Phi) is 3.97. The largest absolute Gasteiger partial charge is 0.298 e. The Hall–Kier alpha value is -2.93. The summed E-state index contributed by atoms with van der Waals surface area (Å²) in [4.78, 5) is 17.1. The van der Waals surface area contributed by atoms with Crippen LogP contribution in [-0.2, 0) is 0 Å². The molecule has 6 nitrogen and oxygen atoms in total. The van der Waals surface area contributed by atoms with Gasteiger partial charge in [-0.2, -0.15) is 5.10 Å². The molecule has 3 aromatic heterocycles. The SMILES string of the molecule is C=C(NNC(=O)c1cc(-c2cccs2)[nH]n1)c1cccnc1. The molecule has 0 bridgehead atoms. The van der Waals surface area contributed by atoms with E-state index in [9.17, 15) is 4.79 Å². The summed E-state index contributed by atoms with van der Waals surface area (Å²) in [6, 6.07) is 9.25. The van der Waals surface area contributed by atoms with Gasteiger partial charge in [-0.3, -0.25) is 25.7 Å². The number of hydrazine groups is 1. The van der Waals surface area contributed by atoms with Gasteiger partial charge < -0.3 is 0 Å². The van der Waals surface area contributed by atoms with Crippen LogP contribution in [0.3, 0.4) is 0 Å². The molecule has 7 heteroatoms. The Balaban J connectivity index is 1.62. The van der Waals surface area contributed by atoms with Crippen molar-refractivity contribution in [3.63, 3.8) is 0 Å². The number of rotatable bonds is 5. The van der Waals surface area contributed by atoms with E-state index in [-0.39, 0.29) is 5.91 Å². The number of amides is 1. The fourth-order valence-electron chi connectivity index (χ4n) is 1.81. The molecule has 0 atom stereocenters. The normalized spacial score (nSPS) is 10.2. The predicted octanol–water partition coefficient (Wildman–Crippen LogP) is 2.44. The highest BCUT2D eigenvalue weighted by Crippen LogP contribution is 2.22. The Morgan fingerprint density at radius 2 is 2.18 bits per heavy atom. The molecule has 0 saturated carbocycles. The molecule has 0 saturated heterocycles. The highest BCUT2D eigenvalue weighted by Gasteiger charge is 2.12. The summed E-state index contributed by atoms with van der Waals surface area (Å²) in [7, 11) is 0. The summed E-state index contributed by atoms with van der Waals surface area (Å²) >= 11 is 1.58. The van der Waals surface area contributed by atoms with Crippen molar-refractivity contribution in [1.82, 2.24) is 26.0 Å². The monoisotopic (exact) mass is 311 g/mol. The number of H-pyrrole nitrogens is 1. The fraction of sp³-hybridized carbons (Fsp3) is 0. The minimum atomic E-state index is -0.343. The first-order chi connectivity index (χ1) is 10.7. The van der Waals surface area contributed by atoms with Crippen LogP contribution >= 0.6 is 11.3 Å². The van der Waals surface area contributed by atoms with Crippen molar-refractivity contribution in [2.75, 3.05) is 0 Å². The van der Waals surface area contributed by atoms with E-state index in [1.807, 2.05) is 23.6 Å². The van der Waals surface area contributed by atoms with E-state index in [1.54, 1.807) is 35.9 Å². The second-order valence-corrected chi connectivity index (χ2v) is 5.39. The lowest BCUT2D eigenvalue weighted by atomic mass is 10.2. The molecule has 0 unspecified atom stereocenters. The lowest BCUT2D eigenvalue weighted by Gasteiger charge is -2.09. The van der Waals surface area contributed by atoms with Gasteiger partial charge in [-0.05, 0) is 29.6 Å². The first-order valence-electron chi connectivity index (χ1n) is 6.49. The second-order valence-electron chi connectivity index (χ2n) is 4.44. The lowest BCUT2D eigenvalue weighted by molar-refractivity contribution is 0.0937. The maximum absolute atomic E-state index is 12.1. The van der Waals surface area contributed by atoms with Gasteiger partial charge in [0.05, 0.1) is 16.3 Å². The van der Waals surface area contributed by atoms with Gasteiger partial charge in [0.2, 0.25) is 0 Å². The second kappa shape index (κ2) is 6.23. The van der Waals surface area contributed by atoms with E-state index in [0.29, 0.717) is 11.4 Å². The minimum Gasteiger partial charge on any atom is -0.298 e. The third-order valence-electron chi connectivity index (χ3n) is 2.93. The molecule has 0 spiro atoms. The van der Waals surface area contributed by atoms with Crippen molar-refractivity contribution in [3.05, 3.63) is 65.9 Å². The smallest absolute Gasteiger partial charge is 0.290 e. The molecule has 0 fully saturated rings. The maximum Gasteiger partial charge on any atom is 0.290 e. The Labute approximate surface area is 130 Å². The van der Waals surface area contributed by atoms with Crippen molar-refractivity contribution in [2.45, 2.75) is 0 Å². The summed E-state index contributed by atoms with van der Waals surface area (Å²) in [5.74, 6) is -0.343. The van der Waals surface area contributed by atoms with Crippen LogP contribution < -0.4 is 10.9 Å². The van der Waals surface area contributed by atoms with Gasteiger partial charge in [-0.15, -0.1) is 11.3 Å². The van der Waals surface area contributed by atoms with Gasteiger partial charge in [-0.1, -0.05) is 12.6 Å². The molecular formula is C15H13N5OS. The van der Waals surface area contributed by atoms with Gasteiger partial charge in [-0.25, -0.2) is 0 Å². The van der Waals surface area contributed by atoms with Crippen LogP contribution in [0, 0.1) is 0 Å². The van der Waals surface area contributed by atoms with Crippen molar-refractivity contribution in [3.8, 4) is 10.6 Å². The number of thiophene rings is 1. The van der Waals surface area contributed by atoms with E-state index in [0.717, 1.165) is 16.1 Å². The Morgan fingerprint density at radius 3 is 2.91 bits per heavy atom. The molecule has 3 aromatic rings. The molecule has 0 aliphatic carbocycles. The van der Waals surface area contributed by atoms with Crippen LogP contribution in [0.1, 0.15) is 16.1 Å². The van der Waals surface area contributed by atoms with Crippen molar-refractivity contribution >= 4 is 22.9 Å². The number of carbonyl (C=O) groups is 1. The molecule has 22 heavy (non-hydrogen) atoms. The number of hydrogen-bond donors (Lipinski definition) is 3. The summed E-state index contributed by atoms with van der Waals surface area (Å²) in [5.41, 5.74) is 7.78. The Bertz CT molecular complexity index is 779. The molecule has 0 aliphatic heterocycles. The number of hydrogen-bond acceptors (Lipinski definition) is 5. The van der Waals surface area contributed by atoms with Gasteiger partial charge >= 0.3 is 0 Å². The topological polar surface area (TPSA) is 82.7 Å². The zero-order valence-electron chi connectivity index (χ0n) is 11.5. The van der Waals surface area contributed by atoms with E-state index in [4.69, 9.17) is 0 Å². The van der Waals surface area contributed by atoms with Crippen LogP contribution in [0.4, 0.5) is 0 Å². The third-order valence-corrected chi connectivity index (χ3v) is 3.84. The van der Waals surface area contributed by atoms with Gasteiger partial charge in [0.25, 0.3) is 5.91 Å². The highest BCUT2D eigenvalue weighted by molar-refractivity contribution is 7.13. The van der Waals surface area contributed by atoms with E-state index >= 15 is 0 Å². The number of aromatic amines is 1. The van der Waals surface area contributed by atoms with Crippen LogP contribution in [0.25, 0.3) is 16.3 Å². The summed E-state index contributed by atoms with van der Waals surface area (Å²) in [5, 5.41) is 8.83. The van der Waals surface area contributed by atoms with Crippen LogP contribution in [0.2, 0.25) is 0 Å². The zero-order valence-corrected chi connectivity index (χ0v) is 12.4. The first kappa shape index (κ1) is 14.0. The van der Waals surface area contributed by atoms with Gasteiger partial charge in [0.1, 0.15) is 0 Å². The van der Waals surface area contributed by atoms with Crippen LogP contribution in [0.15, 0.2) is 54.7 Å². The van der Waals surface area contributed by atoms with E-state index in [2.05, 4.69) is 32.6 Å². The summed E-state index contributed by atoms with van der Waals surface area (Å²) < 4.78 is 0. The Morgan fingerprint density at radius 1 is 1.27 bits per heavy atom. The minimum absolute atomic E-state index is 0.301. The van der Waals surface area contributed by atoms with Gasteiger partial charge in [0.15, 0.2) is 5.69 Å². The highest BCUT2D eigenvalue weighted by atomic mass is 32.1. The van der Waals surface area contributed by atoms with E-state index < -0.39 is 0 Å². The number of carbonyl (C=O) groups excluding carboxylic acids is 1. The number of aromatic nitrogens is 3. The van der Waals surface area contributed by atoms with Crippen LogP contribution in [-0.4, -0.2) is 21.1 Å². The first-order valence-corrected chi connectivity index (χ1v) is 7.37. The summed E-state index contributed by atoms with van der Waals surface area (Å²) in [6.07, 6.45) is 3.33. The summed E-state index contributed by atoms with van der Waals surface area (Å²) in [6.45, 7) is 3.84. The van der Waals surface area contributed by atoms with Crippen LogP contribution in [0.5, 0.6) is 0 Å². The van der Waals surface area contributed by atoms with Crippen molar-refractivity contribution in [1.29, 1.82) is 0 Å². The van der Waals surface area contributed by atoms with Crippen molar-refractivity contribution < 1.29 is 4.79 Å². The molecular weight excluding hydrogens is 298 g/mol. The maximum atomic E-state index is 12.1. The number of nitrogens with one attached hydrogen (secondary N) is 3. The van der Waals surface area contributed by atoms with Gasteiger partial charge in [0, 0.05) is 18.0 Å². The van der Waals surface area contributed by atoms with E-state index in [1.165, 1.54) is 0 Å². The molecule has 0 aliphatic rings. The molecule has 1 amide bonds. The molecule has 3 N–H and O–H groups in total. The molecule has 3 rings (SSSR count). The standard InChI is InChI=1S/C15H13N5OS/c1-10(11-4-2-6-16-9-11)17-20-15(21)13-8-12(18-19-13)14-5-3-7-22-14/h2-9,17H,1H2,(H,18,19)(H,20,21). The molecule has 3 heterocycles. The lowest BCUT2D eigenvalue weighted by Crippen LogP contribution is -2.36. The number of nitrogens with zero attached hydrogens (tertiary/aromatic N) is 2. The van der Waals surface area contributed by atoms with Crippen molar-refractivity contribution in [2.24, 2.45) is 0 Å². The fourth-order valence-corrected chi connectivity index (χ4v) is 2.50.